The van der Waals surface area contributed by atoms with E-state index in [9.17, 15) is 14.9 Å². The molecule has 0 bridgehead atoms. The zero-order valence-electron chi connectivity index (χ0n) is 19.7. The van der Waals surface area contributed by atoms with Crippen molar-refractivity contribution in [3.8, 4) is 6.07 Å². The van der Waals surface area contributed by atoms with Crippen LogP contribution in [0.1, 0.15) is 17.3 Å². The number of hydrogen-bond donors (Lipinski definition) is 1. The fourth-order valence-corrected chi connectivity index (χ4v) is 4.77. The van der Waals surface area contributed by atoms with Crippen molar-refractivity contribution in [3.63, 3.8) is 0 Å². The van der Waals surface area contributed by atoms with E-state index in [2.05, 4.69) is 15.6 Å². The standard InChI is InChI=1S/C26H23N5O5/c1-34-25(32)22-21(15-6-4-3-5-7-15)17(13-27)24(28)31(23(22)26(33)35-2)16-8-9-19-18(12-16)29-20-14-36-11-10-30(19)20/h3-9,12,21H,10-11,14,28H2,1-2H3. The molecule has 2 aromatic carbocycles. The molecule has 10 heteroatoms. The minimum Gasteiger partial charge on any atom is -0.466 e. The number of allylic oxidation sites excluding steroid dienone is 1. The van der Waals surface area contributed by atoms with Crippen LogP contribution in [0.15, 0.2) is 71.2 Å². The van der Waals surface area contributed by atoms with Gasteiger partial charge >= 0.3 is 11.9 Å². The summed E-state index contributed by atoms with van der Waals surface area (Å²) in [4.78, 5) is 32.4. The Hall–Kier alpha value is -4.62. The maximum Gasteiger partial charge on any atom is 0.355 e. The highest BCUT2D eigenvalue weighted by molar-refractivity contribution is 6.06. The van der Waals surface area contributed by atoms with E-state index in [4.69, 9.17) is 19.9 Å². The molecular formula is C26H23N5O5. The zero-order valence-corrected chi connectivity index (χ0v) is 19.7. The zero-order chi connectivity index (χ0) is 25.4. The number of benzene rings is 2. The average molecular weight is 486 g/mol. The van der Waals surface area contributed by atoms with Crippen LogP contribution in [-0.4, -0.2) is 42.3 Å². The molecular weight excluding hydrogens is 462 g/mol. The summed E-state index contributed by atoms with van der Waals surface area (Å²) in [5.74, 6) is -1.70. The normalized spacial score (nSPS) is 17.6. The second kappa shape index (κ2) is 9.20. The highest BCUT2D eigenvalue weighted by Gasteiger charge is 2.43. The third-order valence-corrected chi connectivity index (χ3v) is 6.37. The minimum atomic E-state index is -0.921. The molecule has 2 aliphatic rings. The van der Waals surface area contributed by atoms with E-state index in [0.29, 0.717) is 36.5 Å². The van der Waals surface area contributed by atoms with Gasteiger partial charge in [-0.15, -0.1) is 0 Å². The van der Waals surface area contributed by atoms with Gasteiger partial charge in [0, 0.05) is 6.54 Å². The van der Waals surface area contributed by atoms with Crippen LogP contribution in [0, 0.1) is 11.3 Å². The third kappa shape index (κ3) is 3.57. The highest BCUT2D eigenvalue weighted by atomic mass is 16.5. The van der Waals surface area contributed by atoms with Gasteiger partial charge in [-0.3, -0.25) is 4.90 Å². The number of anilines is 1. The molecule has 0 amide bonds. The van der Waals surface area contributed by atoms with Crippen LogP contribution < -0.4 is 10.6 Å². The number of ether oxygens (including phenoxy) is 3. The van der Waals surface area contributed by atoms with Crippen LogP contribution in [0.3, 0.4) is 0 Å². The molecule has 3 aromatic rings. The number of carbonyl (C=O) groups excluding carboxylic acids is 2. The van der Waals surface area contributed by atoms with Crippen molar-refractivity contribution in [1.29, 1.82) is 5.26 Å². The topological polar surface area (TPSA) is 133 Å². The van der Waals surface area contributed by atoms with Crippen molar-refractivity contribution >= 4 is 28.7 Å². The van der Waals surface area contributed by atoms with E-state index >= 15 is 0 Å². The molecule has 0 saturated carbocycles. The average Bonchev–Trinajstić information content (AvgIpc) is 3.29. The Labute approximate surface area is 206 Å². The van der Waals surface area contributed by atoms with Gasteiger partial charge in [0.05, 0.1) is 60.7 Å². The first-order chi connectivity index (χ1) is 17.5. The Morgan fingerprint density at radius 2 is 1.89 bits per heavy atom. The molecule has 3 heterocycles. The van der Waals surface area contributed by atoms with Crippen LogP contribution >= 0.6 is 0 Å². The van der Waals surface area contributed by atoms with Crippen LogP contribution in [0.2, 0.25) is 0 Å². The second-order valence-corrected chi connectivity index (χ2v) is 8.24. The van der Waals surface area contributed by atoms with Crippen LogP contribution in [0.25, 0.3) is 11.0 Å². The number of nitrogens with zero attached hydrogens (tertiary/aromatic N) is 4. The predicted octanol–water partition coefficient (Wildman–Crippen LogP) is 2.46. The van der Waals surface area contributed by atoms with Gasteiger partial charge in [0.2, 0.25) is 0 Å². The quantitative estimate of drug-likeness (QED) is 0.553. The number of nitriles is 1. The van der Waals surface area contributed by atoms with E-state index < -0.39 is 17.9 Å². The van der Waals surface area contributed by atoms with E-state index in [0.717, 1.165) is 11.3 Å². The molecule has 0 aliphatic carbocycles. The van der Waals surface area contributed by atoms with Crippen LogP contribution in [-0.2, 0) is 37.0 Å². The maximum atomic E-state index is 13.2. The molecule has 2 aliphatic heterocycles. The summed E-state index contributed by atoms with van der Waals surface area (Å²) in [6.45, 7) is 1.66. The lowest BCUT2D eigenvalue weighted by atomic mass is 9.81. The Balaban J connectivity index is 1.78. The first-order valence-corrected chi connectivity index (χ1v) is 11.2. The lowest BCUT2D eigenvalue weighted by Gasteiger charge is -2.35. The van der Waals surface area contributed by atoms with Gasteiger partial charge < -0.3 is 24.5 Å². The molecule has 0 spiro atoms. The fourth-order valence-electron chi connectivity index (χ4n) is 4.77. The lowest BCUT2D eigenvalue weighted by molar-refractivity contribution is -0.139. The van der Waals surface area contributed by atoms with E-state index in [1.165, 1.54) is 19.1 Å². The summed E-state index contributed by atoms with van der Waals surface area (Å²) in [5, 5.41) is 10.2. The number of methoxy groups -OCH3 is 2. The number of aromatic nitrogens is 2. The molecule has 36 heavy (non-hydrogen) atoms. The summed E-state index contributed by atoms with van der Waals surface area (Å²) in [6.07, 6.45) is 0. The van der Waals surface area contributed by atoms with Crippen LogP contribution in [0.5, 0.6) is 0 Å². The number of carbonyl (C=O) groups is 2. The molecule has 10 nitrogen and oxygen atoms in total. The van der Waals surface area contributed by atoms with Gasteiger partial charge in [-0.1, -0.05) is 30.3 Å². The Morgan fingerprint density at radius 3 is 2.58 bits per heavy atom. The molecule has 0 saturated heterocycles. The van der Waals surface area contributed by atoms with E-state index in [-0.39, 0.29) is 22.7 Å². The van der Waals surface area contributed by atoms with Crippen molar-refractivity contribution in [2.45, 2.75) is 19.1 Å². The van der Waals surface area contributed by atoms with E-state index in [1.54, 1.807) is 36.4 Å². The van der Waals surface area contributed by atoms with Crippen molar-refractivity contribution in [2.24, 2.45) is 5.73 Å². The largest absolute Gasteiger partial charge is 0.466 e. The van der Waals surface area contributed by atoms with Gasteiger partial charge in [-0.25, -0.2) is 14.6 Å². The fraction of sp³-hybridized carbons (Fsp3) is 0.231. The first-order valence-electron chi connectivity index (χ1n) is 11.2. The molecule has 2 N–H and O–H groups in total. The second-order valence-electron chi connectivity index (χ2n) is 8.24. The summed E-state index contributed by atoms with van der Waals surface area (Å²) < 4.78 is 17.7. The van der Waals surface area contributed by atoms with Gasteiger partial charge in [0.25, 0.3) is 0 Å². The summed E-state index contributed by atoms with van der Waals surface area (Å²) >= 11 is 0. The number of fused-ring (bicyclic) bond motifs is 3. The molecule has 1 unspecified atom stereocenters. The third-order valence-electron chi connectivity index (χ3n) is 6.37. The first kappa shape index (κ1) is 23.1. The molecule has 182 valence electrons. The smallest absolute Gasteiger partial charge is 0.355 e. The number of rotatable bonds is 4. The maximum absolute atomic E-state index is 13.2. The molecule has 1 aromatic heterocycles. The van der Waals surface area contributed by atoms with Crippen molar-refractivity contribution < 1.29 is 23.8 Å². The summed E-state index contributed by atoms with van der Waals surface area (Å²) in [6, 6.07) is 16.4. The lowest BCUT2D eigenvalue weighted by Crippen LogP contribution is -2.40. The monoisotopic (exact) mass is 485 g/mol. The number of hydrogen-bond acceptors (Lipinski definition) is 9. The number of nitrogens with two attached hydrogens (primary N) is 1. The van der Waals surface area contributed by atoms with E-state index in [1.807, 2.05) is 12.1 Å². The van der Waals surface area contributed by atoms with Gasteiger partial charge in [-0.2, -0.15) is 5.26 Å². The van der Waals surface area contributed by atoms with Crippen molar-refractivity contribution in [3.05, 3.63) is 82.6 Å². The summed E-state index contributed by atoms with van der Waals surface area (Å²) in [7, 11) is 2.43. The molecule has 5 rings (SSSR count). The molecule has 1 atom stereocenters. The highest BCUT2D eigenvalue weighted by Crippen LogP contribution is 2.43. The van der Waals surface area contributed by atoms with Crippen LogP contribution in [0.4, 0.5) is 5.69 Å². The Kier molecular flexibility index (Phi) is 5.91. The molecule has 0 radical (unpaired) electrons. The Bertz CT molecular complexity index is 1480. The SMILES string of the molecule is COC(=O)C1=C(C(=O)OC)N(c2ccc3c(c2)nc2n3CCOC2)C(N)=C(C#N)C1c1ccccc1. The van der Waals surface area contributed by atoms with Gasteiger partial charge in [0.1, 0.15) is 23.9 Å². The van der Waals surface area contributed by atoms with Gasteiger partial charge in [-0.05, 0) is 23.8 Å². The number of imidazole rings is 1. The van der Waals surface area contributed by atoms with Crippen molar-refractivity contribution in [2.75, 3.05) is 25.7 Å². The summed E-state index contributed by atoms with van der Waals surface area (Å²) in [5.41, 5.74) is 9.11. The minimum absolute atomic E-state index is 0.00561. The van der Waals surface area contributed by atoms with Gasteiger partial charge in [0.15, 0.2) is 0 Å². The molecule has 0 fully saturated rings. The Morgan fingerprint density at radius 1 is 1.14 bits per heavy atom. The number of esters is 2. The van der Waals surface area contributed by atoms with Crippen molar-refractivity contribution in [1.82, 2.24) is 9.55 Å². The predicted molar refractivity (Wildman–Crippen MR) is 129 cm³/mol.